The second kappa shape index (κ2) is 19.1. The zero-order chi connectivity index (χ0) is 35.9. The highest BCUT2D eigenvalue weighted by Gasteiger charge is 2.33. The van der Waals surface area contributed by atoms with E-state index in [9.17, 15) is 24.3 Å². The molecule has 12 heteroatoms. The van der Waals surface area contributed by atoms with Gasteiger partial charge in [-0.3, -0.25) is 14.4 Å². The monoisotopic (exact) mass is 684 g/mol. The van der Waals surface area contributed by atoms with E-state index in [1.54, 1.807) is 6.20 Å². The van der Waals surface area contributed by atoms with Crippen LogP contribution in [-0.2, 0) is 38.6 Å². The summed E-state index contributed by atoms with van der Waals surface area (Å²) in [7, 11) is 0. The van der Waals surface area contributed by atoms with Gasteiger partial charge in [-0.05, 0) is 40.7 Å². The predicted molar refractivity (Wildman–Crippen MR) is 191 cm³/mol. The minimum Gasteiger partial charge on any atom is -0.445 e. The van der Waals surface area contributed by atoms with E-state index in [1.165, 1.54) is 6.33 Å². The number of hydrogen-bond donors (Lipinski definition) is 6. The van der Waals surface area contributed by atoms with Gasteiger partial charge in [-0.1, -0.05) is 100.0 Å². The number of carbonyl (C=O) groups excluding carboxylic acids is 4. The molecule has 4 amide bonds. The molecule has 4 atom stereocenters. The van der Waals surface area contributed by atoms with Crippen molar-refractivity contribution in [3.05, 3.63) is 102 Å². The summed E-state index contributed by atoms with van der Waals surface area (Å²) >= 11 is 0. The van der Waals surface area contributed by atoms with Crippen LogP contribution in [0, 0.1) is 5.92 Å². The van der Waals surface area contributed by atoms with Gasteiger partial charge < -0.3 is 36.1 Å². The number of alkyl carbamates (subject to hydrolysis) is 1. The Hall–Kier alpha value is -5.23. The fourth-order valence-electron chi connectivity index (χ4n) is 5.64. The van der Waals surface area contributed by atoms with E-state index in [0.29, 0.717) is 18.7 Å². The molecule has 4 aromatic rings. The van der Waals surface area contributed by atoms with Crippen molar-refractivity contribution in [3.63, 3.8) is 0 Å². The predicted octanol–water partition coefficient (Wildman–Crippen LogP) is 3.94. The first-order chi connectivity index (χ1) is 24.1. The Morgan fingerprint density at radius 1 is 0.840 bits per heavy atom. The van der Waals surface area contributed by atoms with Crippen molar-refractivity contribution in [3.8, 4) is 0 Å². The summed E-state index contributed by atoms with van der Waals surface area (Å²) in [6.45, 7) is 6.25. The van der Waals surface area contributed by atoms with Gasteiger partial charge in [0, 0.05) is 31.3 Å². The van der Waals surface area contributed by atoms with Gasteiger partial charge in [0.15, 0.2) is 6.10 Å². The van der Waals surface area contributed by atoms with Crippen LogP contribution in [0.15, 0.2) is 85.3 Å². The maximum Gasteiger partial charge on any atom is 0.408 e. The molecule has 0 aliphatic carbocycles. The number of fused-ring (bicyclic) bond motifs is 1. The van der Waals surface area contributed by atoms with E-state index >= 15 is 0 Å². The molecule has 1 heterocycles. The zero-order valence-corrected chi connectivity index (χ0v) is 28.9. The number of aliphatic hydroxyl groups is 1. The first-order valence-electron chi connectivity index (χ1n) is 17.1. The number of aromatic amines is 1. The van der Waals surface area contributed by atoms with Gasteiger partial charge in [0.1, 0.15) is 18.7 Å². The minimum atomic E-state index is -1.50. The number of aliphatic hydroxyl groups excluding tert-OH is 1. The lowest BCUT2D eigenvalue weighted by molar-refractivity contribution is -0.134. The Bertz CT molecular complexity index is 1670. The van der Waals surface area contributed by atoms with Crippen molar-refractivity contribution < 1.29 is 29.0 Å². The number of carbonyl (C=O) groups is 4. The summed E-state index contributed by atoms with van der Waals surface area (Å²) in [5.41, 5.74) is 2.17. The number of benzene rings is 3. The molecule has 6 N–H and O–H groups in total. The summed E-state index contributed by atoms with van der Waals surface area (Å²) in [6, 6.07) is 19.5. The molecule has 0 saturated carbocycles. The van der Waals surface area contributed by atoms with Crippen molar-refractivity contribution >= 4 is 34.6 Å². The average Bonchev–Trinajstić information content (AvgIpc) is 3.63. The van der Waals surface area contributed by atoms with Crippen LogP contribution in [0.4, 0.5) is 4.79 Å². The third kappa shape index (κ3) is 11.4. The van der Waals surface area contributed by atoms with E-state index < -0.39 is 48.0 Å². The number of amides is 4. The lowest BCUT2D eigenvalue weighted by Gasteiger charge is -2.28. The summed E-state index contributed by atoms with van der Waals surface area (Å²) in [5.74, 6) is -1.76. The number of rotatable bonds is 18. The third-order valence-corrected chi connectivity index (χ3v) is 8.27. The lowest BCUT2D eigenvalue weighted by Crippen LogP contribution is -2.58. The third-order valence-electron chi connectivity index (χ3n) is 8.27. The summed E-state index contributed by atoms with van der Waals surface area (Å²) in [4.78, 5) is 60.8. The highest BCUT2D eigenvalue weighted by Crippen LogP contribution is 2.20. The Kier molecular flexibility index (Phi) is 14.3. The van der Waals surface area contributed by atoms with E-state index in [2.05, 4.69) is 31.2 Å². The largest absolute Gasteiger partial charge is 0.445 e. The maximum atomic E-state index is 14.1. The molecule has 0 fully saturated rings. The number of imidazole rings is 1. The van der Waals surface area contributed by atoms with Gasteiger partial charge >= 0.3 is 6.09 Å². The number of nitrogens with one attached hydrogen (secondary N) is 5. The molecule has 3 aromatic carbocycles. The van der Waals surface area contributed by atoms with E-state index in [4.69, 9.17) is 4.74 Å². The molecular weight excluding hydrogens is 636 g/mol. The van der Waals surface area contributed by atoms with E-state index in [0.717, 1.165) is 34.7 Å². The molecule has 2 unspecified atom stereocenters. The Labute approximate surface area is 292 Å². The first-order valence-corrected chi connectivity index (χ1v) is 17.1. The average molecular weight is 685 g/mol. The van der Waals surface area contributed by atoms with Crippen molar-refractivity contribution in [2.75, 3.05) is 6.54 Å². The van der Waals surface area contributed by atoms with Crippen LogP contribution in [-0.4, -0.2) is 69.7 Å². The second-order valence-electron chi connectivity index (χ2n) is 12.8. The quantitative estimate of drug-likeness (QED) is 0.0861. The number of aromatic nitrogens is 2. The molecule has 0 spiro atoms. The number of hydrogen-bond acceptors (Lipinski definition) is 7. The second-order valence-corrected chi connectivity index (χ2v) is 12.8. The molecule has 0 aliphatic rings. The highest BCUT2D eigenvalue weighted by atomic mass is 16.5. The van der Waals surface area contributed by atoms with Crippen molar-refractivity contribution in [2.45, 2.75) is 83.7 Å². The maximum absolute atomic E-state index is 14.1. The zero-order valence-electron chi connectivity index (χ0n) is 28.9. The van der Waals surface area contributed by atoms with Crippen LogP contribution in [0.3, 0.4) is 0 Å². The first kappa shape index (κ1) is 37.6. The van der Waals surface area contributed by atoms with Crippen LogP contribution in [0.2, 0.25) is 0 Å². The van der Waals surface area contributed by atoms with Crippen LogP contribution < -0.4 is 21.3 Å². The molecule has 4 rings (SSSR count). The van der Waals surface area contributed by atoms with Crippen LogP contribution >= 0.6 is 0 Å². The van der Waals surface area contributed by atoms with E-state index in [-0.39, 0.29) is 25.4 Å². The summed E-state index contributed by atoms with van der Waals surface area (Å²) in [5, 5.41) is 23.9. The highest BCUT2D eigenvalue weighted by molar-refractivity contribution is 5.93. The van der Waals surface area contributed by atoms with Crippen molar-refractivity contribution in [2.24, 2.45) is 5.92 Å². The van der Waals surface area contributed by atoms with Gasteiger partial charge in [-0.25, -0.2) is 9.78 Å². The number of nitrogens with zero attached hydrogens (tertiary/aromatic N) is 1. The molecule has 0 radical (unpaired) electrons. The SMILES string of the molecule is CCCCNC(=O)C(O)C(CC(C)C)NC(=O)[C@H](Cc1cnc[nH]1)NC(=O)[C@H](Cc1cccc2ccccc12)NC(=O)OCc1ccccc1. The van der Waals surface area contributed by atoms with Crippen LogP contribution in [0.1, 0.15) is 56.9 Å². The van der Waals surface area contributed by atoms with Gasteiger partial charge in [0.2, 0.25) is 11.8 Å². The van der Waals surface area contributed by atoms with Crippen LogP contribution in [0.25, 0.3) is 10.8 Å². The molecule has 12 nitrogen and oxygen atoms in total. The Morgan fingerprint density at radius 3 is 2.26 bits per heavy atom. The summed E-state index contributed by atoms with van der Waals surface area (Å²) in [6.07, 6.45) is 2.80. The van der Waals surface area contributed by atoms with Gasteiger partial charge in [0.05, 0.1) is 12.4 Å². The van der Waals surface area contributed by atoms with Crippen LogP contribution in [0.5, 0.6) is 0 Å². The molecule has 0 aliphatic heterocycles. The standard InChI is InChI=1S/C38H48N6O6/c1-4-5-18-40-37(48)34(45)31(19-25(2)3)42-36(47)33(21-29-22-39-24-41-29)43-35(46)32(44-38(49)50-23-26-12-7-6-8-13-26)20-28-16-11-15-27-14-9-10-17-30(27)28/h6-17,22,24-25,31-34,45H,4-5,18-21,23H2,1-3H3,(H,39,41)(H,40,48)(H,42,47)(H,43,46)(H,44,49)/t31?,32-,33-,34?/m0/s1. The van der Waals surface area contributed by atoms with Gasteiger partial charge in [-0.15, -0.1) is 0 Å². The lowest BCUT2D eigenvalue weighted by atomic mass is 9.97. The summed E-state index contributed by atoms with van der Waals surface area (Å²) < 4.78 is 5.46. The molecule has 0 saturated heterocycles. The Morgan fingerprint density at radius 2 is 1.54 bits per heavy atom. The van der Waals surface area contributed by atoms with Crippen molar-refractivity contribution in [1.82, 2.24) is 31.2 Å². The molecular formula is C38H48N6O6. The molecule has 266 valence electrons. The van der Waals surface area contributed by atoms with E-state index in [1.807, 2.05) is 93.6 Å². The van der Waals surface area contributed by atoms with Gasteiger partial charge in [0.25, 0.3) is 5.91 Å². The van der Waals surface area contributed by atoms with Gasteiger partial charge in [-0.2, -0.15) is 0 Å². The molecule has 0 bridgehead atoms. The normalized spacial score (nSPS) is 13.5. The van der Waals surface area contributed by atoms with Crippen molar-refractivity contribution in [1.29, 1.82) is 0 Å². The fourth-order valence-corrected chi connectivity index (χ4v) is 5.64. The minimum absolute atomic E-state index is 0.00568. The Balaban J connectivity index is 1.57. The fraction of sp³-hybridized carbons (Fsp3) is 0.395. The molecule has 1 aromatic heterocycles. The number of unbranched alkanes of at least 4 members (excludes halogenated alkanes) is 1. The number of ether oxygens (including phenoxy) is 1. The smallest absolute Gasteiger partial charge is 0.408 e. The molecule has 50 heavy (non-hydrogen) atoms. The number of H-pyrrole nitrogens is 1. The topological polar surface area (TPSA) is 175 Å².